The molecule has 158 valence electrons. The second-order valence-corrected chi connectivity index (χ2v) is 10.0. The summed E-state index contributed by atoms with van der Waals surface area (Å²) in [5, 5.41) is 6.15. The number of thiazole rings is 1. The van der Waals surface area contributed by atoms with Gasteiger partial charge in [0.05, 0.1) is 5.69 Å². The minimum Gasteiger partial charge on any atom is -0.332 e. The number of halogens is 1. The maximum absolute atomic E-state index is 14.0. The van der Waals surface area contributed by atoms with Gasteiger partial charge in [-0.15, -0.1) is 11.3 Å². The number of aryl methyl sites for hydroxylation is 1. The molecule has 30 heavy (non-hydrogen) atoms. The Morgan fingerprint density at radius 1 is 1.07 bits per heavy atom. The van der Waals surface area contributed by atoms with Crippen LogP contribution in [0.3, 0.4) is 0 Å². The van der Waals surface area contributed by atoms with Crippen LogP contribution in [0.5, 0.6) is 0 Å². The van der Waals surface area contributed by atoms with E-state index in [9.17, 15) is 12.8 Å². The lowest BCUT2D eigenvalue weighted by atomic mass is 10.2. The summed E-state index contributed by atoms with van der Waals surface area (Å²) in [4.78, 5) is 6.54. The van der Waals surface area contributed by atoms with Crippen LogP contribution in [0.2, 0.25) is 0 Å². The number of hydrogen-bond donors (Lipinski definition) is 1. The van der Waals surface area contributed by atoms with E-state index in [-0.39, 0.29) is 4.90 Å². The summed E-state index contributed by atoms with van der Waals surface area (Å²) in [6.45, 7) is 4.51. The molecule has 0 radical (unpaired) electrons. The molecule has 1 aliphatic heterocycles. The first-order valence-electron chi connectivity index (χ1n) is 9.67. The van der Waals surface area contributed by atoms with Gasteiger partial charge in [-0.25, -0.2) is 17.8 Å². The number of sulfonamides is 1. The van der Waals surface area contributed by atoms with Gasteiger partial charge < -0.3 is 5.32 Å². The van der Waals surface area contributed by atoms with Crippen LogP contribution in [0.4, 0.5) is 15.2 Å². The van der Waals surface area contributed by atoms with Gasteiger partial charge in [-0.1, -0.05) is 29.8 Å². The second-order valence-electron chi connectivity index (χ2n) is 7.25. The SMILES string of the molecule is Cc1ccc(Nc2nc(CN3CCN(S(=O)(=O)c4ccccc4F)CC3)cs2)cc1. The zero-order valence-corrected chi connectivity index (χ0v) is 18.2. The molecule has 9 heteroatoms. The topological polar surface area (TPSA) is 65.5 Å². The fraction of sp³-hybridized carbons (Fsp3) is 0.286. The molecule has 1 fully saturated rings. The minimum absolute atomic E-state index is 0.259. The zero-order chi connectivity index (χ0) is 21.1. The molecule has 1 saturated heterocycles. The smallest absolute Gasteiger partial charge is 0.246 e. The highest BCUT2D eigenvalue weighted by atomic mass is 32.2. The molecule has 0 aliphatic carbocycles. The van der Waals surface area contributed by atoms with Crippen LogP contribution in [-0.4, -0.2) is 48.8 Å². The van der Waals surface area contributed by atoms with E-state index in [0.29, 0.717) is 32.7 Å². The first-order valence-corrected chi connectivity index (χ1v) is 12.0. The molecule has 1 aromatic heterocycles. The van der Waals surface area contributed by atoms with Crippen LogP contribution in [0.25, 0.3) is 0 Å². The Kier molecular flexibility index (Phi) is 6.14. The molecule has 0 spiro atoms. The van der Waals surface area contributed by atoms with Crippen molar-refractivity contribution in [2.45, 2.75) is 18.4 Å². The summed E-state index contributed by atoms with van der Waals surface area (Å²) in [6, 6.07) is 13.6. The lowest BCUT2D eigenvalue weighted by Crippen LogP contribution is -2.48. The van der Waals surface area contributed by atoms with E-state index in [0.717, 1.165) is 16.5 Å². The van der Waals surface area contributed by atoms with Crippen molar-refractivity contribution in [1.82, 2.24) is 14.2 Å². The standard InChI is InChI=1S/C21H23FN4O2S2/c1-16-6-8-17(9-7-16)23-21-24-18(15-29-21)14-25-10-12-26(13-11-25)30(27,28)20-5-3-2-4-19(20)22/h2-9,15H,10-14H2,1H3,(H,23,24). The Bertz CT molecular complexity index is 1110. The van der Waals surface area contributed by atoms with Crippen LogP contribution < -0.4 is 5.32 Å². The zero-order valence-electron chi connectivity index (χ0n) is 16.6. The van der Waals surface area contributed by atoms with Crippen LogP contribution in [0.15, 0.2) is 58.8 Å². The van der Waals surface area contributed by atoms with Gasteiger partial charge >= 0.3 is 0 Å². The number of piperazine rings is 1. The van der Waals surface area contributed by atoms with Gasteiger partial charge in [0.15, 0.2) is 5.13 Å². The van der Waals surface area contributed by atoms with E-state index in [2.05, 4.69) is 15.2 Å². The lowest BCUT2D eigenvalue weighted by molar-refractivity contribution is 0.180. The molecule has 0 amide bonds. The van der Waals surface area contributed by atoms with Crippen LogP contribution in [-0.2, 0) is 16.6 Å². The molecule has 0 unspecified atom stereocenters. The average Bonchev–Trinajstić information content (AvgIpc) is 3.17. The quantitative estimate of drug-likeness (QED) is 0.623. The van der Waals surface area contributed by atoms with Crippen molar-refractivity contribution in [3.63, 3.8) is 0 Å². The molecule has 2 heterocycles. The first kappa shape index (κ1) is 20.9. The molecule has 1 N–H and O–H groups in total. The number of nitrogens with one attached hydrogen (secondary N) is 1. The Morgan fingerprint density at radius 3 is 2.47 bits per heavy atom. The van der Waals surface area contributed by atoms with Gasteiger partial charge in [0.2, 0.25) is 10.0 Å². The highest BCUT2D eigenvalue weighted by molar-refractivity contribution is 7.89. The summed E-state index contributed by atoms with van der Waals surface area (Å²) >= 11 is 1.54. The molecule has 0 bridgehead atoms. The van der Waals surface area contributed by atoms with E-state index in [1.165, 1.54) is 34.1 Å². The van der Waals surface area contributed by atoms with Crippen molar-refractivity contribution in [2.75, 3.05) is 31.5 Å². The maximum atomic E-state index is 14.0. The van der Waals surface area contributed by atoms with Gasteiger partial charge in [-0.2, -0.15) is 4.31 Å². The first-order chi connectivity index (χ1) is 14.4. The van der Waals surface area contributed by atoms with Crippen molar-refractivity contribution in [3.8, 4) is 0 Å². The Balaban J connectivity index is 1.33. The lowest BCUT2D eigenvalue weighted by Gasteiger charge is -2.33. The second kappa shape index (κ2) is 8.81. The largest absolute Gasteiger partial charge is 0.332 e. The van der Waals surface area contributed by atoms with E-state index in [1.54, 1.807) is 11.3 Å². The van der Waals surface area contributed by atoms with Crippen LogP contribution in [0, 0.1) is 12.7 Å². The molecule has 1 aliphatic rings. The third kappa shape index (κ3) is 4.70. The molecular formula is C21H23FN4O2S2. The molecule has 4 rings (SSSR count). The molecule has 2 aromatic carbocycles. The van der Waals surface area contributed by atoms with Gasteiger partial charge in [-0.05, 0) is 31.2 Å². The molecule has 6 nitrogen and oxygen atoms in total. The number of nitrogens with zero attached hydrogens (tertiary/aromatic N) is 3. The third-order valence-electron chi connectivity index (χ3n) is 5.03. The fourth-order valence-corrected chi connectivity index (χ4v) is 5.56. The van der Waals surface area contributed by atoms with Gasteiger partial charge in [-0.3, -0.25) is 4.90 Å². The third-order valence-corrected chi connectivity index (χ3v) is 7.76. The highest BCUT2D eigenvalue weighted by Crippen LogP contribution is 2.24. The predicted molar refractivity (Wildman–Crippen MR) is 117 cm³/mol. The summed E-state index contributed by atoms with van der Waals surface area (Å²) in [5.41, 5.74) is 3.14. The molecular weight excluding hydrogens is 423 g/mol. The van der Waals surface area contributed by atoms with Gasteiger partial charge in [0.25, 0.3) is 0 Å². The summed E-state index contributed by atoms with van der Waals surface area (Å²) in [7, 11) is -3.81. The van der Waals surface area contributed by atoms with Crippen molar-refractivity contribution in [1.29, 1.82) is 0 Å². The van der Waals surface area contributed by atoms with E-state index < -0.39 is 15.8 Å². The normalized spacial score (nSPS) is 15.9. The van der Waals surface area contributed by atoms with Gasteiger partial charge in [0.1, 0.15) is 10.7 Å². The summed E-state index contributed by atoms with van der Waals surface area (Å²) in [6.07, 6.45) is 0. The van der Waals surface area contributed by atoms with Crippen molar-refractivity contribution >= 4 is 32.2 Å². The van der Waals surface area contributed by atoms with Crippen molar-refractivity contribution < 1.29 is 12.8 Å². The van der Waals surface area contributed by atoms with E-state index >= 15 is 0 Å². The Labute approximate surface area is 180 Å². The van der Waals surface area contributed by atoms with Gasteiger partial charge in [0, 0.05) is 43.8 Å². The number of rotatable bonds is 6. The number of benzene rings is 2. The number of aromatic nitrogens is 1. The van der Waals surface area contributed by atoms with Crippen molar-refractivity contribution in [3.05, 3.63) is 71.0 Å². The van der Waals surface area contributed by atoms with Crippen molar-refractivity contribution in [2.24, 2.45) is 0 Å². The molecule has 3 aromatic rings. The maximum Gasteiger partial charge on any atom is 0.246 e. The fourth-order valence-electron chi connectivity index (χ4n) is 3.35. The minimum atomic E-state index is -3.81. The predicted octanol–water partition coefficient (Wildman–Crippen LogP) is 3.84. The molecule has 0 atom stereocenters. The summed E-state index contributed by atoms with van der Waals surface area (Å²) in [5.74, 6) is -0.712. The Morgan fingerprint density at radius 2 is 1.77 bits per heavy atom. The molecule has 0 saturated carbocycles. The summed E-state index contributed by atoms with van der Waals surface area (Å²) < 4.78 is 40.7. The van der Waals surface area contributed by atoms with Crippen LogP contribution in [0.1, 0.15) is 11.3 Å². The van der Waals surface area contributed by atoms with E-state index in [4.69, 9.17) is 0 Å². The highest BCUT2D eigenvalue weighted by Gasteiger charge is 2.30. The Hall–Kier alpha value is -2.33. The number of hydrogen-bond acceptors (Lipinski definition) is 6. The van der Waals surface area contributed by atoms with Crippen LogP contribution >= 0.6 is 11.3 Å². The van der Waals surface area contributed by atoms with E-state index in [1.807, 2.05) is 36.6 Å². The number of anilines is 2. The monoisotopic (exact) mass is 446 g/mol. The average molecular weight is 447 g/mol.